The predicted molar refractivity (Wildman–Crippen MR) is 64.2 cm³/mol. The molecule has 1 atom stereocenters. The number of hydrogen-bond donors (Lipinski definition) is 1. The Labute approximate surface area is 94.2 Å². The molecule has 1 N–H and O–H groups in total. The van der Waals surface area contributed by atoms with Gasteiger partial charge in [0.2, 0.25) is 0 Å². The van der Waals surface area contributed by atoms with Crippen molar-refractivity contribution >= 4 is 0 Å². The molecule has 0 saturated carbocycles. The van der Waals surface area contributed by atoms with Gasteiger partial charge in [0.25, 0.3) is 0 Å². The maximum atomic E-state index is 5.70. The van der Waals surface area contributed by atoms with E-state index in [4.69, 9.17) is 4.74 Å². The topological polar surface area (TPSA) is 24.5 Å². The Morgan fingerprint density at radius 1 is 1.47 bits per heavy atom. The summed E-state index contributed by atoms with van der Waals surface area (Å²) in [6.07, 6.45) is 1.21. The van der Waals surface area contributed by atoms with Crippen LogP contribution >= 0.6 is 0 Å². The number of nitrogens with one attached hydrogen (secondary N) is 1. The van der Waals surface area contributed by atoms with Crippen molar-refractivity contribution in [3.8, 4) is 0 Å². The molecule has 1 saturated heterocycles. The third kappa shape index (κ3) is 4.96. The molecule has 3 heteroatoms. The zero-order valence-electron chi connectivity index (χ0n) is 10.7. The Bertz CT molecular complexity index is 182. The summed E-state index contributed by atoms with van der Waals surface area (Å²) in [4.78, 5) is 2.50. The molecule has 0 aromatic carbocycles. The molecule has 15 heavy (non-hydrogen) atoms. The fourth-order valence-electron chi connectivity index (χ4n) is 2.11. The second-order valence-electron chi connectivity index (χ2n) is 5.20. The summed E-state index contributed by atoms with van der Waals surface area (Å²) >= 11 is 0. The van der Waals surface area contributed by atoms with E-state index in [2.05, 4.69) is 37.9 Å². The molecule has 0 spiro atoms. The van der Waals surface area contributed by atoms with E-state index in [1.807, 2.05) is 0 Å². The average molecular weight is 214 g/mol. The largest absolute Gasteiger partial charge is 0.373 e. The number of rotatable bonds is 5. The van der Waals surface area contributed by atoms with E-state index < -0.39 is 0 Å². The monoisotopic (exact) mass is 214 g/mol. The van der Waals surface area contributed by atoms with Crippen LogP contribution in [0.15, 0.2) is 0 Å². The van der Waals surface area contributed by atoms with E-state index in [-0.39, 0.29) is 5.60 Å². The minimum absolute atomic E-state index is 0.0305. The Balaban J connectivity index is 2.25. The Kier molecular flexibility index (Phi) is 5.03. The summed E-state index contributed by atoms with van der Waals surface area (Å²) in [7, 11) is 0. The minimum Gasteiger partial charge on any atom is -0.373 e. The summed E-state index contributed by atoms with van der Waals surface area (Å²) < 4.78 is 5.70. The van der Waals surface area contributed by atoms with Crippen LogP contribution in [0.1, 0.15) is 34.1 Å². The van der Waals surface area contributed by atoms with Crippen LogP contribution in [0, 0.1) is 0 Å². The molecule has 0 bridgehead atoms. The van der Waals surface area contributed by atoms with Crippen molar-refractivity contribution in [3.63, 3.8) is 0 Å². The SMILES string of the molecule is CCCNC(C)CN1CCOC(C)(C)C1. The van der Waals surface area contributed by atoms with Gasteiger partial charge in [-0.05, 0) is 33.7 Å². The highest BCUT2D eigenvalue weighted by Gasteiger charge is 2.27. The maximum Gasteiger partial charge on any atom is 0.0753 e. The van der Waals surface area contributed by atoms with Crippen molar-refractivity contribution in [1.29, 1.82) is 0 Å². The minimum atomic E-state index is 0.0305. The van der Waals surface area contributed by atoms with Gasteiger partial charge < -0.3 is 10.1 Å². The van der Waals surface area contributed by atoms with Crippen molar-refractivity contribution in [2.45, 2.75) is 45.8 Å². The molecule has 0 radical (unpaired) electrons. The van der Waals surface area contributed by atoms with Gasteiger partial charge >= 0.3 is 0 Å². The van der Waals surface area contributed by atoms with E-state index >= 15 is 0 Å². The molecule has 1 unspecified atom stereocenters. The maximum absolute atomic E-state index is 5.70. The zero-order chi connectivity index (χ0) is 11.3. The number of morpholine rings is 1. The lowest BCUT2D eigenvalue weighted by atomic mass is 10.1. The molecule has 0 amide bonds. The molecule has 0 aromatic heterocycles. The molecular formula is C12H26N2O. The number of hydrogen-bond acceptors (Lipinski definition) is 3. The van der Waals surface area contributed by atoms with Crippen LogP contribution in [0.3, 0.4) is 0 Å². The van der Waals surface area contributed by atoms with Crippen molar-refractivity contribution in [2.75, 3.05) is 32.8 Å². The molecule has 3 nitrogen and oxygen atoms in total. The first-order valence-electron chi connectivity index (χ1n) is 6.13. The lowest BCUT2D eigenvalue weighted by molar-refractivity contribution is -0.0872. The molecule has 1 rings (SSSR count). The van der Waals surface area contributed by atoms with Gasteiger partial charge in [0.05, 0.1) is 12.2 Å². The lowest BCUT2D eigenvalue weighted by Gasteiger charge is -2.39. The van der Waals surface area contributed by atoms with Gasteiger partial charge in [0.15, 0.2) is 0 Å². The molecular weight excluding hydrogens is 188 g/mol. The van der Waals surface area contributed by atoms with Crippen LogP contribution in [0.2, 0.25) is 0 Å². The lowest BCUT2D eigenvalue weighted by Crippen LogP contribution is -2.51. The van der Waals surface area contributed by atoms with E-state index in [0.717, 1.165) is 32.8 Å². The quantitative estimate of drug-likeness (QED) is 0.750. The first kappa shape index (κ1) is 12.9. The second-order valence-corrected chi connectivity index (χ2v) is 5.20. The van der Waals surface area contributed by atoms with E-state index in [0.29, 0.717) is 6.04 Å². The molecule has 1 heterocycles. The second kappa shape index (κ2) is 5.83. The highest BCUT2D eigenvalue weighted by atomic mass is 16.5. The highest BCUT2D eigenvalue weighted by molar-refractivity contribution is 4.80. The van der Waals surface area contributed by atoms with Crippen LogP contribution in [-0.4, -0.2) is 49.3 Å². The first-order valence-corrected chi connectivity index (χ1v) is 6.13. The summed E-state index contributed by atoms with van der Waals surface area (Å²) in [5.41, 5.74) is 0.0305. The van der Waals surface area contributed by atoms with Gasteiger partial charge in [0, 0.05) is 25.7 Å². The summed E-state index contributed by atoms with van der Waals surface area (Å²) in [5, 5.41) is 3.52. The first-order chi connectivity index (χ1) is 7.03. The van der Waals surface area contributed by atoms with Gasteiger partial charge in [-0.25, -0.2) is 0 Å². The van der Waals surface area contributed by atoms with E-state index in [9.17, 15) is 0 Å². The fourth-order valence-corrected chi connectivity index (χ4v) is 2.11. The Hall–Kier alpha value is -0.120. The molecule has 1 aliphatic rings. The molecule has 0 aliphatic carbocycles. The van der Waals surface area contributed by atoms with Crippen molar-refractivity contribution in [3.05, 3.63) is 0 Å². The third-order valence-corrected chi connectivity index (χ3v) is 2.78. The van der Waals surface area contributed by atoms with Crippen molar-refractivity contribution < 1.29 is 4.74 Å². The normalized spacial score (nSPS) is 24.0. The van der Waals surface area contributed by atoms with Crippen LogP contribution in [0.4, 0.5) is 0 Å². The van der Waals surface area contributed by atoms with Crippen LogP contribution in [-0.2, 0) is 4.74 Å². The Morgan fingerprint density at radius 3 is 2.80 bits per heavy atom. The van der Waals surface area contributed by atoms with E-state index in [1.165, 1.54) is 6.42 Å². The van der Waals surface area contributed by atoms with Crippen LogP contribution < -0.4 is 5.32 Å². The third-order valence-electron chi connectivity index (χ3n) is 2.78. The van der Waals surface area contributed by atoms with Crippen LogP contribution in [0.25, 0.3) is 0 Å². The molecule has 1 fully saturated rings. The van der Waals surface area contributed by atoms with E-state index in [1.54, 1.807) is 0 Å². The predicted octanol–water partition coefficient (Wildman–Crippen LogP) is 1.49. The van der Waals surface area contributed by atoms with Gasteiger partial charge in [-0.15, -0.1) is 0 Å². The van der Waals surface area contributed by atoms with Gasteiger partial charge in [-0.3, -0.25) is 4.90 Å². The zero-order valence-corrected chi connectivity index (χ0v) is 10.7. The number of ether oxygens (including phenoxy) is 1. The average Bonchev–Trinajstić information content (AvgIpc) is 2.13. The standard InChI is InChI=1S/C12H26N2O/c1-5-6-13-11(2)9-14-7-8-15-12(3,4)10-14/h11,13H,5-10H2,1-4H3. The van der Waals surface area contributed by atoms with Gasteiger partial charge in [-0.2, -0.15) is 0 Å². The van der Waals surface area contributed by atoms with Crippen molar-refractivity contribution in [2.24, 2.45) is 0 Å². The fraction of sp³-hybridized carbons (Fsp3) is 1.00. The van der Waals surface area contributed by atoms with Crippen LogP contribution in [0.5, 0.6) is 0 Å². The molecule has 0 aromatic rings. The Morgan fingerprint density at radius 2 is 2.20 bits per heavy atom. The molecule has 90 valence electrons. The smallest absolute Gasteiger partial charge is 0.0753 e. The van der Waals surface area contributed by atoms with Gasteiger partial charge in [0.1, 0.15) is 0 Å². The highest BCUT2D eigenvalue weighted by Crippen LogP contribution is 2.16. The summed E-state index contributed by atoms with van der Waals surface area (Å²) in [6.45, 7) is 14.0. The van der Waals surface area contributed by atoms with Gasteiger partial charge in [-0.1, -0.05) is 6.92 Å². The van der Waals surface area contributed by atoms with Crippen molar-refractivity contribution in [1.82, 2.24) is 10.2 Å². The molecule has 1 aliphatic heterocycles. The summed E-state index contributed by atoms with van der Waals surface area (Å²) in [5.74, 6) is 0. The number of nitrogens with zero attached hydrogens (tertiary/aromatic N) is 1. The summed E-state index contributed by atoms with van der Waals surface area (Å²) in [6, 6.07) is 0.582.